The van der Waals surface area contributed by atoms with Crippen molar-refractivity contribution in [2.75, 3.05) is 4.90 Å². The van der Waals surface area contributed by atoms with Crippen molar-refractivity contribution in [2.24, 2.45) is 0 Å². The van der Waals surface area contributed by atoms with Crippen LogP contribution in [0.2, 0.25) is 0 Å². The van der Waals surface area contributed by atoms with Gasteiger partial charge in [0.15, 0.2) is 0 Å². The van der Waals surface area contributed by atoms with Crippen molar-refractivity contribution in [3.63, 3.8) is 0 Å². The summed E-state index contributed by atoms with van der Waals surface area (Å²) in [4.78, 5) is 31.3. The van der Waals surface area contributed by atoms with Crippen molar-refractivity contribution in [1.82, 2.24) is 4.98 Å². The average Bonchev–Trinajstić information content (AvgIpc) is 3.38. The van der Waals surface area contributed by atoms with E-state index in [2.05, 4.69) is 31.2 Å². The van der Waals surface area contributed by atoms with Crippen LogP contribution < -0.4 is 4.90 Å². The summed E-state index contributed by atoms with van der Waals surface area (Å²) in [7, 11) is 0. The summed E-state index contributed by atoms with van der Waals surface area (Å²) < 4.78 is 0. The maximum atomic E-state index is 12.7. The zero-order chi connectivity index (χ0) is 20.7. The van der Waals surface area contributed by atoms with Crippen molar-refractivity contribution in [3.05, 3.63) is 94.9 Å². The van der Waals surface area contributed by atoms with E-state index in [0.29, 0.717) is 16.8 Å². The van der Waals surface area contributed by atoms with Crippen molar-refractivity contribution in [1.29, 1.82) is 0 Å². The molecule has 0 saturated heterocycles. The Morgan fingerprint density at radius 1 is 0.800 bits per heavy atom. The highest BCUT2D eigenvalue weighted by molar-refractivity contribution is 7.13. The van der Waals surface area contributed by atoms with Gasteiger partial charge in [-0.1, -0.05) is 43.3 Å². The first kappa shape index (κ1) is 18.5. The third kappa shape index (κ3) is 3.04. The Kier molecular flexibility index (Phi) is 4.52. The fourth-order valence-electron chi connectivity index (χ4n) is 3.63. The van der Waals surface area contributed by atoms with E-state index in [1.54, 1.807) is 47.7 Å². The molecular weight excluding hydrogens is 392 g/mol. The molecule has 4 nitrogen and oxygen atoms in total. The Morgan fingerprint density at radius 3 is 2.00 bits per heavy atom. The molecule has 0 fully saturated rings. The van der Waals surface area contributed by atoms with Gasteiger partial charge in [-0.3, -0.25) is 9.59 Å². The maximum absolute atomic E-state index is 12.7. The molecule has 3 aromatic carbocycles. The maximum Gasteiger partial charge on any atom is 0.266 e. The van der Waals surface area contributed by atoms with Crippen LogP contribution in [-0.4, -0.2) is 16.8 Å². The highest BCUT2D eigenvalue weighted by Crippen LogP contribution is 2.32. The number of anilines is 1. The summed E-state index contributed by atoms with van der Waals surface area (Å²) in [6.45, 7) is 2.14. The molecule has 0 radical (unpaired) electrons. The van der Waals surface area contributed by atoms with Crippen LogP contribution in [0.5, 0.6) is 0 Å². The molecule has 2 heterocycles. The summed E-state index contributed by atoms with van der Waals surface area (Å²) in [5.41, 5.74) is 5.77. The first-order valence-corrected chi connectivity index (χ1v) is 10.7. The van der Waals surface area contributed by atoms with E-state index in [9.17, 15) is 9.59 Å². The molecule has 0 spiro atoms. The van der Waals surface area contributed by atoms with Crippen molar-refractivity contribution < 1.29 is 9.59 Å². The topological polar surface area (TPSA) is 50.3 Å². The number of aryl methyl sites for hydroxylation is 1. The Bertz CT molecular complexity index is 1220. The van der Waals surface area contributed by atoms with Gasteiger partial charge < -0.3 is 0 Å². The summed E-state index contributed by atoms with van der Waals surface area (Å²) in [6, 6.07) is 22.8. The molecule has 146 valence electrons. The Balaban J connectivity index is 1.40. The zero-order valence-electron chi connectivity index (χ0n) is 16.3. The van der Waals surface area contributed by atoms with Crippen molar-refractivity contribution >= 4 is 28.8 Å². The molecule has 5 heteroatoms. The largest absolute Gasteiger partial charge is 0.268 e. The van der Waals surface area contributed by atoms with E-state index in [1.165, 1.54) is 10.5 Å². The number of aromatic nitrogens is 1. The van der Waals surface area contributed by atoms with E-state index in [4.69, 9.17) is 4.98 Å². The van der Waals surface area contributed by atoms with Crippen molar-refractivity contribution in [2.45, 2.75) is 13.3 Å². The van der Waals surface area contributed by atoms with Crippen LogP contribution in [0, 0.1) is 0 Å². The Labute approximate surface area is 178 Å². The van der Waals surface area contributed by atoms with Crippen LogP contribution in [0.4, 0.5) is 5.69 Å². The number of hydrogen-bond donors (Lipinski definition) is 0. The number of hydrogen-bond acceptors (Lipinski definition) is 4. The number of thiazole rings is 1. The van der Waals surface area contributed by atoms with Crippen LogP contribution in [0.1, 0.15) is 33.2 Å². The minimum Gasteiger partial charge on any atom is -0.268 e. The number of benzene rings is 3. The van der Waals surface area contributed by atoms with E-state index in [0.717, 1.165) is 28.2 Å². The predicted octanol–water partition coefficient (Wildman–Crippen LogP) is 5.84. The summed E-state index contributed by atoms with van der Waals surface area (Å²) in [5.74, 6) is -0.564. The molecule has 4 aromatic rings. The van der Waals surface area contributed by atoms with Gasteiger partial charge in [0.25, 0.3) is 11.8 Å². The van der Waals surface area contributed by atoms with Gasteiger partial charge in [0, 0.05) is 16.5 Å². The monoisotopic (exact) mass is 410 g/mol. The van der Waals surface area contributed by atoms with Crippen LogP contribution in [0.25, 0.3) is 21.8 Å². The van der Waals surface area contributed by atoms with E-state index < -0.39 is 0 Å². The highest BCUT2D eigenvalue weighted by atomic mass is 32.1. The van der Waals surface area contributed by atoms with Crippen LogP contribution in [0.15, 0.2) is 78.2 Å². The Morgan fingerprint density at radius 2 is 1.40 bits per heavy atom. The molecule has 1 aliphatic rings. The number of nitrogens with zero attached hydrogens (tertiary/aromatic N) is 2. The fourth-order valence-corrected chi connectivity index (χ4v) is 4.46. The number of imide groups is 1. The molecule has 0 unspecified atom stereocenters. The summed E-state index contributed by atoms with van der Waals surface area (Å²) >= 11 is 1.58. The number of fused-ring (bicyclic) bond motifs is 1. The lowest BCUT2D eigenvalue weighted by Crippen LogP contribution is -2.29. The van der Waals surface area contributed by atoms with Gasteiger partial charge in [-0.2, -0.15) is 0 Å². The van der Waals surface area contributed by atoms with Gasteiger partial charge in [-0.15, -0.1) is 11.3 Å². The first-order valence-electron chi connectivity index (χ1n) is 9.79. The van der Waals surface area contributed by atoms with Gasteiger partial charge in [0.1, 0.15) is 5.01 Å². The van der Waals surface area contributed by atoms with Gasteiger partial charge in [-0.25, -0.2) is 9.88 Å². The standard InChI is InChI=1S/C25H18N2O2S/c1-2-16-7-9-17(10-8-16)22-15-30-23(26-22)18-11-13-19(14-12-18)27-24(28)20-5-3-4-6-21(20)25(27)29/h3-15H,2H2,1H3. The van der Waals surface area contributed by atoms with E-state index >= 15 is 0 Å². The molecule has 0 N–H and O–H groups in total. The highest BCUT2D eigenvalue weighted by Gasteiger charge is 2.36. The third-order valence-electron chi connectivity index (χ3n) is 5.33. The molecule has 0 atom stereocenters. The number of amides is 2. The van der Waals surface area contributed by atoms with Gasteiger partial charge >= 0.3 is 0 Å². The summed E-state index contributed by atoms with van der Waals surface area (Å²) in [5, 5.41) is 2.95. The van der Waals surface area contributed by atoms with E-state index in [1.807, 2.05) is 17.5 Å². The zero-order valence-corrected chi connectivity index (χ0v) is 17.1. The molecule has 1 aliphatic heterocycles. The normalized spacial score (nSPS) is 13.0. The van der Waals surface area contributed by atoms with Crippen LogP contribution >= 0.6 is 11.3 Å². The molecule has 1 aromatic heterocycles. The smallest absolute Gasteiger partial charge is 0.266 e. The molecule has 0 saturated carbocycles. The lowest BCUT2D eigenvalue weighted by atomic mass is 10.1. The van der Waals surface area contributed by atoms with Gasteiger partial charge in [-0.05, 0) is 48.4 Å². The van der Waals surface area contributed by atoms with Crippen molar-refractivity contribution in [3.8, 4) is 21.8 Å². The molecule has 30 heavy (non-hydrogen) atoms. The molecule has 0 aliphatic carbocycles. The molecule has 5 rings (SSSR count). The molecule has 2 amide bonds. The second-order valence-electron chi connectivity index (χ2n) is 7.13. The Hall–Kier alpha value is -3.57. The number of rotatable bonds is 4. The lowest BCUT2D eigenvalue weighted by molar-refractivity contribution is 0.0926. The minimum atomic E-state index is -0.282. The quantitative estimate of drug-likeness (QED) is 0.397. The van der Waals surface area contributed by atoms with Crippen LogP contribution in [0.3, 0.4) is 0 Å². The van der Waals surface area contributed by atoms with Gasteiger partial charge in [0.2, 0.25) is 0 Å². The summed E-state index contributed by atoms with van der Waals surface area (Å²) in [6.07, 6.45) is 1.02. The van der Waals surface area contributed by atoms with E-state index in [-0.39, 0.29) is 11.8 Å². The molecular formula is C25H18N2O2S. The second-order valence-corrected chi connectivity index (χ2v) is 7.98. The number of carbonyl (C=O) groups excluding carboxylic acids is 2. The SMILES string of the molecule is CCc1ccc(-c2csc(-c3ccc(N4C(=O)c5ccccc5C4=O)cc3)n2)cc1. The van der Waals surface area contributed by atoms with Crippen LogP contribution in [-0.2, 0) is 6.42 Å². The van der Waals surface area contributed by atoms with Gasteiger partial charge in [0.05, 0.1) is 22.5 Å². The average molecular weight is 410 g/mol. The third-order valence-corrected chi connectivity index (χ3v) is 6.22. The first-order chi connectivity index (χ1) is 14.7. The predicted molar refractivity (Wildman–Crippen MR) is 120 cm³/mol. The minimum absolute atomic E-state index is 0.282. The fraction of sp³-hybridized carbons (Fsp3) is 0.0800. The number of carbonyl (C=O) groups is 2. The lowest BCUT2D eigenvalue weighted by Gasteiger charge is -2.14. The second kappa shape index (κ2) is 7.35. The molecule has 0 bridgehead atoms.